The summed E-state index contributed by atoms with van der Waals surface area (Å²) in [5.74, 6) is 0.620. The van der Waals surface area contributed by atoms with Gasteiger partial charge in [0.05, 0.1) is 0 Å². The van der Waals surface area contributed by atoms with Gasteiger partial charge in [-0.1, -0.05) is 0 Å². The Morgan fingerprint density at radius 3 is 2.43 bits per heavy atom. The zero-order valence-electron chi connectivity index (χ0n) is 4.29. The molecule has 7 heavy (non-hydrogen) atoms. The first-order valence-corrected chi connectivity index (χ1v) is 1.55. The molecule has 5 heteroatoms. The van der Waals surface area contributed by atoms with Crippen molar-refractivity contribution < 1.29 is 0 Å². The number of aryl methyl sites for hydroxylation is 1. The van der Waals surface area contributed by atoms with E-state index in [1.807, 2.05) is 0 Å². The fourth-order valence-corrected chi connectivity index (χ4v) is 0.189. The molecule has 0 saturated heterocycles. The van der Waals surface area contributed by atoms with Gasteiger partial charge in [-0.15, -0.1) is 0 Å². The van der Waals surface area contributed by atoms with E-state index in [4.69, 9.17) is 0 Å². The minimum Gasteiger partial charge on any atom is -0.369 e. The molecule has 0 saturated carbocycles. The first-order chi connectivity index (χ1) is 2.89. The van der Waals surface area contributed by atoms with Crippen molar-refractivity contribution in [3.63, 3.8) is 0 Å². The zero-order valence-corrected chi connectivity index (χ0v) is 4.29. The molecule has 40 valence electrons. The van der Waals surface area contributed by atoms with Crippen molar-refractivity contribution in [1.82, 2.24) is 26.8 Å². The van der Waals surface area contributed by atoms with Crippen LogP contribution in [0.1, 0.15) is 5.82 Å². The van der Waals surface area contributed by atoms with Gasteiger partial charge in [0.2, 0.25) is 0 Å². The predicted molar refractivity (Wildman–Crippen MR) is 23.9 cm³/mol. The van der Waals surface area contributed by atoms with E-state index >= 15 is 0 Å². The minimum absolute atomic E-state index is 0. The van der Waals surface area contributed by atoms with Crippen LogP contribution in [0.15, 0.2) is 0 Å². The Morgan fingerprint density at radius 1 is 1.57 bits per heavy atom. The normalized spacial score (nSPS) is 7.57. The number of rotatable bonds is 0. The van der Waals surface area contributed by atoms with Crippen LogP contribution in [0.2, 0.25) is 0 Å². The smallest absolute Gasteiger partial charge is 0.00677 e. The highest BCUT2D eigenvalue weighted by atomic mass is 15.5. The van der Waals surface area contributed by atoms with Crippen LogP contribution >= 0.6 is 0 Å². The van der Waals surface area contributed by atoms with Crippen molar-refractivity contribution in [2.24, 2.45) is 0 Å². The highest BCUT2D eigenvalue weighted by molar-refractivity contribution is 4.63. The molecule has 0 atom stereocenters. The van der Waals surface area contributed by atoms with Gasteiger partial charge in [-0.2, -0.15) is 5.21 Å². The van der Waals surface area contributed by atoms with Gasteiger partial charge in [-0.25, -0.2) is 0 Å². The van der Waals surface area contributed by atoms with Crippen LogP contribution in [-0.4, -0.2) is 15.5 Å². The molecule has 1 aromatic rings. The van der Waals surface area contributed by atoms with Crippen molar-refractivity contribution in [2.75, 3.05) is 0 Å². The maximum absolute atomic E-state index is 3.44. The number of tetrazole rings is 1. The lowest BCUT2D eigenvalue weighted by Crippen LogP contribution is -1.74. The molecular formula is C2H7N5. The molecule has 0 radical (unpaired) electrons. The average Bonchev–Trinajstić information content (AvgIpc) is 1.86. The second-order valence-electron chi connectivity index (χ2n) is 0.926. The highest BCUT2D eigenvalue weighted by Gasteiger charge is 1.64. The van der Waals surface area contributed by atoms with E-state index in [0.29, 0.717) is 5.82 Å². The number of hydrogen-bond donors (Lipinski definition) is 1. The van der Waals surface area contributed by atoms with Gasteiger partial charge in [0, 0.05) is 5.82 Å². The van der Waals surface area contributed by atoms with Crippen LogP contribution in [0, 0.1) is 6.92 Å². The monoisotopic (exact) mass is 101 g/mol. The topological polar surface area (TPSA) is 89.3 Å². The largest absolute Gasteiger partial charge is 0.369 e. The molecule has 1 heterocycles. The van der Waals surface area contributed by atoms with Crippen molar-refractivity contribution in [3.05, 3.63) is 5.82 Å². The molecule has 4 N–H and O–H groups in total. The number of aromatic nitrogens is 4. The van der Waals surface area contributed by atoms with Crippen molar-refractivity contribution in [2.45, 2.75) is 6.92 Å². The highest BCUT2D eigenvalue weighted by Crippen LogP contribution is 1.67. The zero-order chi connectivity index (χ0) is 4.41. The van der Waals surface area contributed by atoms with Gasteiger partial charge < -0.3 is 11.2 Å². The lowest BCUT2D eigenvalue weighted by atomic mass is 10.8. The van der Waals surface area contributed by atoms with E-state index in [1.165, 1.54) is 0 Å². The predicted octanol–water partition coefficient (Wildman–Crippen LogP) is -0.487. The van der Waals surface area contributed by atoms with Crippen LogP contribution < -0.4 is 11.2 Å². The molecule has 0 amide bonds. The molecule has 5 nitrogen and oxygen atoms in total. The molecule has 0 aliphatic carbocycles. The number of nitrogens with zero attached hydrogens (tertiary/aromatic N) is 4. The van der Waals surface area contributed by atoms with Crippen molar-refractivity contribution in [1.29, 1.82) is 0 Å². The van der Waals surface area contributed by atoms with E-state index in [9.17, 15) is 0 Å². The lowest BCUT2D eigenvalue weighted by molar-refractivity contribution is 0.871. The Bertz CT molecular complexity index is 110. The Labute approximate surface area is 40.7 Å². The molecule has 0 aromatic carbocycles. The summed E-state index contributed by atoms with van der Waals surface area (Å²) in [6.45, 7) is 1.74. The van der Waals surface area contributed by atoms with Crippen molar-refractivity contribution in [3.8, 4) is 0 Å². The Morgan fingerprint density at radius 2 is 2.29 bits per heavy atom. The molecule has 0 fully saturated rings. The maximum Gasteiger partial charge on any atom is 0.00677 e. The first kappa shape index (κ1) is 6.03. The van der Waals surface area contributed by atoms with Gasteiger partial charge in [-0.05, 0) is 6.92 Å². The summed E-state index contributed by atoms with van der Waals surface area (Å²) in [6, 6.07) is 0. The van der Waals surface area contributed by atoms with Crippen LogP contribution in [0.25, 0.3) is 0 Å². The summed E-state index contributed by atoms with van der Waals surface area (Å²) < 4.78 is 0. The van der Waals surface area contributed by atoms with Gasteiger partial charge >= 0.3 is 0 Å². The quantitative estimate of drug-likeness (QED) is 0.477. The third kappa shape index (κ3) is 1.27. The van der Waals surface area contributed by atoms with Gasteiger partial charge in [-0.3, -0.25) is 10.3 Å². The summed E-state index contributed by atoms with van der Waals surface area (Å²) in [4.78, 5) is 0. The van der Waals surface area contributed by atoms with E-state index in [1.54, 1.807) is 6.92 Å². The molecule has 1 aromatic heterocycles. The third-order valence-electron chi connectivity index (χ3n) is 0.419. The van der Waals surface area contributed by atoms with Crippen molar-refractivity contribution >= 4 is 0 Å². The van der Waals surface area contributed by atoms with E-state index in [-0.39, 0.29) is 6.15 Å². The van der Waals surface area contributed by atoms with Gasteiger partial charge in [0.25, 0.3) is 0 Å². The summed E-state index contributed by atoms with van der Waals surface area (Å²) in [5.41, 5.74) is 0. The molecule has 0 spiro atoms. The Balaban J connectivity index is 0.000000360. The molecule has 0 bridgehead atoms. The molecule has 0 aliphatic rings. The average molecular weight is 101 g/mol. The SMILES string of the molecule is Cc1nnn[n-]1.[NH4+]. The summed E-state index contributed by atoms with van der Waals surface area (Å²) in [5, 5.41) is 13.3. The van der Waals surface area contributed by atoms with E-state index in [0.717, 1.165) is 0 Å². The van der Waals surface area contributed by atoms with Crippen LogP contribution in [-0.2, 0) is 0 Å². The maximum atomic E-state index is 3.44. The molecule has 0 aliphatic heterocycles. The van der Waals surface area contributed by atoms with Gasteiger partial charge in [0.1, 0.15) is 0 Å². The van der Waals surface area contributed by atoms with Crippen LogP contribution in [0.5, 0.6) is 0 Å². The second-order valence-corrected chi connectivity index (χ2v) is 0.926. The summed E-state index contributed by atoms with van der Waals surface area (Å²) >= 11 is 0. The number of quaternary nitrogens is 1. The fourth-order valence-electron chi connectivity index (χ4n) is 0.189. The molecule has 1 rings (SSSR count). The lowest BCUT2D eigenvalue weighted by Gasteiger charge is -1.74. The summed E-state index contributed by atoms with van der Waals surface area (Å²) in [7, 11) is 0. The van der Waals surface area contributed by atoms with Crippen LogP contribution in [0.3, 0.4) is 0 Å². The van der Waals surface area contributed by atoms with E-state index < -0.39 is 0 Å². The minimum atomic E-state index is 0. The number of hydrogen-bond acceptors (Lipinski definition) is 3. The standard InChI is InChI=1S/C2H3N4.H3N/c1-2-3-5-6-4-2;/h1H3;1H3/q-1;/p+1. The van der Waals surface area contributed by atoms with Gasteiger partial charge in [0.15, 0.2) is 0 Å². The summed E-state index contributed by atoms with van der Waals surface area (Å²) in [6.07, 6.45) is 0. The Hall–Kier alpha value is -0.970. The van der Waals surface area contributed by atoms with E-state index in [2.05, 4.69) is 20.6 Å². The molecule has 0 unspecified atom stereocenters. The third-order valence-corrected chi connectivity index (χ3v) is 0.419. The molecular weight excluding hydrogens is 94.1 g/mol. The Kier molecular flexibility index (Phi) is 1.94. The van der Waals surface area contributed by atoms with Crippen LogP contribution in [0.4, 0.5) is 0 Å². The second kappa shape index (κ2) is 2.25. The first-order valence-electron chi connectivity index (χ1n) is 1.55. The fraction of sp³-hybridized carbons (Fsp3) is 0.500.